The lowest BCUT2D eigenvalue weighted by Crippen LogP contribution is -2.21. The van der Waals surface area contributed by atoms with E-state index in [0.717, 1.165) is 0 Å². The van der Waals surface area contributed by atoms with Gasteiger partial charge >= 0.3 is 0 Å². The van der Waals surface area contributed by atoms with Gasteiger partial charge in [-0.1, -0.05) is 12.1 Å². The maximum atomic E-state index is 13.4. The van der Waals surface area contributed by atoms with Gasteiger partial charge in [-0.2, -0.15) is 0 Å². The van der Waals surface area contributed by atoms with E-state index < -0.39 is 17.5 Å². The van der Waals surface area contributed by atoms with Crippen molar-refractivity contribution < 1.29 is 23.0 Å². The van der Waals surface area contributed by atoms with Gasteiger partial charge in [0.1, 0.15) is 11.6 Å². The third kappa shape index (κ3) is 4.18. The number of rotatable bonds is 6. The molecule has 0 aliphatic rings. The number of carbonyl (C=O) groups is 1. The normalized spacial score (nSPS) is 10.1. The van der Waals surface area contributed by atoms with Gasteiger partial charge in [-0.25, -0.2) is 8.78 Å². The van der Waals surface area contributed by atoms with Crippen molar-refractivity contribution in [2.45, 2.75) is 6.92 Å². The number of para-hydroxylation sites is 1. The van der Waals surface area contributed by atoms with Crippen LogP contribution in [0.2, 0.25) is 0 Å². The van der Waals surface area contributed by atoms with E-state index in [1.807, 2.05) is 0 Å². The minimum Gasteiger partial charge on any atom is -0.492 e. The van der Waals surface area contributed by atoms with E-state index >= 15 is 0 Å². The summed E-state index contributed by atoms with van der Waals surface area (Å²) in [5.74, 6) is -1.31. The van der Waals surface area contributed by atoms with E-state index in [9.17, 15) is 13.6 Å². The quantitative estimate of drug-likeness (QED) is 0.890. The molecule has 6 heteroatoms. The second-order valence-corrected chi connectivity index (χ2v) is 4.34. The zero-order valence-corrected chi connectivity index (χ0v) is 11.9. The maximum Gasteiger partial charge on any atom is 0.262 e. The Kier molecular flexibility index (Phi) is 5.30. The van der Waals surface area contributed by atoms with E-state index in [2.05, 4.69) is 5.32 Å². The van der Waals surface area contributed by atoms with E-state index in [0.29, 0.717) is 12.3 Å². The van der Waals surface area contributed by atoms with E-state index in [4.69, 9.17) is 9.47 Å². The van der Waals surface area contributed by atoms with Gasteiger partial charge in [0.05, 0.1) is 12.3 Å². The highest BCUT2D eigenvalue weighted by molar-refractivity contribution is 5.93. The zero-order valence-electron chi connectivity index (χ0n) is 11.9. The van der Waals surface area contributed by atoms with Gasteiger partial charge in [-0.05, 0) is 31.2 Å². The summed E-state index contributed by atoms with van der Waals surface area (Å²) in [7, 11) is 0. The summed E-state index contributed by atoms with van der Waals surface area (Å²) in [6, 6.07) is 9.55. The van der Waals surface area contributed by atoms with Crippen LogP contribution in [-0.2, 0) is 4.79 Å². The smallest absolute Gasteiger partial charge is 0.262 e. The topological polar surface area (TPSA) is 47.6 Å². The molecule has 2 rings (SSSR count). The summed E-state index contributed by atoms with van der Waals surface area (Å²) in [6.07, 6.45) is 0. The highest BCUT2D eigenvalue weighted by atomic mass is 19.1. The number of carbonyl (C=O) groups excluding carboxylic acids is 1. The first kappa shape index (κ1) is 15.8. The molecule has 1 N–H and O–H groups in total. The molecule has 0 saturated heterocycles. The molecule has 116 valence electrons. The minimum absolute atomic E-state index is 0.0122. The second-order valence-electron chi connectivity index (χ2n) is 4.34. The van der Waals surface area contributed by atoms with Crippen LogP contribution in [0.3, 0.4) is 0 Å². The first-order chi connectivity index (χ1) is 10.6. The van der Waals surface area contributed by atoms with Gasteiger partial charge < -0.3 is 14.8 Å². The fraction of sp³-hybridized carbons (Fsp3) is 0.188. The molecule has 2 aromatic rings. The van der Waals surface area contributed by atoms with Gasteiger partial charge in [0.25, 0.3) is 5.91 Å². The molecule has 0 fully saturated rings. The van der Waals surface area contributed by atoms with Gasteiger partial charge in [0.15, 0.2) is 18.2 Å². The Bertz CT molecular complexity index is 662. The average Bonchev–Trinajstić information content (AvgIpc) is 2.49. The summed E-state index contributed by atoms with van der Waals surface area (Å²) < 4.78 is 36.9. The molecule has 0 spiro atoms. The van der Waals surface area contributed by atoms with Crippen LogP contribution < -0.4 is 14.8 Å². The number of nitrogens with one attached hydrogen (secondary N) is 1. The van der Waals surface area contributed by atoms with Crippen LogP contribution >= 0.6 is 0 Å². The molecule has 22 heavy (non-hydrogen) atoms. The number of halogens is 2. The van der Waals surface area contributed by atoms with Crippen LogP contribution in [0, 0.1) is 11.6 Å². The summed E-state index contributed by atoms with van der Waals surface area (Å²) in [6.45, 7) is 1.71. The standard InChI is InChI=1S/C16H15F2NO3/c1-2-21-15-9-11(17)7-8-13(15)19-16(20)10-22-14-6-4-3-5-12(14)18/h3-9H,2,10H2,1H3,(H,19,20). The zero-order chi connectivity index (χ0) is 15.9. The van der Waals surface area contributed by atoms with Crippen molar-refractivity contribution in [3.05, 3.63) is 54.1 Å². The van der Waals surface area contributed by atoms with Crippen LogP contribution in [0.25, 0.3) is 0 Å². The third-order valence-electron chi connectivity index (χ3n) is 2.71. The van der Waals surface area contributed by atoms with Gasteiger partial charge in [-0.3, -0.25) is 4.79 Å². The minimum atomic E-state index is -0.549. The molecule has 0 radical (unpaired) electrons. The van der Waals surface area contributed by atoms with Crippen molar-refractivity contribution in [2.75, 3.05) is 18.5 Å². The average molecular weight is 307 g/mol. The van der Waals surface area contributed by atoms with Crippen molar-refractivity contribution in [1.82, 2.24) is 0 Å². The van der Waals surface area contributed by atoms with Gasteiger partial charge in [-0.15, -0.1) is 0 Å². The predicted octanol–water partition coefficient (Wildman–Crippen LogP) is 3.38. The molecule has 0 aliphatic carbocycles. The largest absolute Gasteiger partial charge is 0.492 e. The molecule has 4 nitrogen and oxygen atoms in total. The lowest BCUT2D eigenvalue weighted by Gasteiger charge is -2.12. The number of benzene rings is 2. The van der Waals surface area contributed by atoms with E-state index in [1.165, 1.54) is 36.4 Å². The molecule has 2 aromatic carbocycles. The summed E-state index contributed by atoms with van der Waals surface area (Å²) in [5.41, 5.74) is 0.324. The molecule has 0 atom stereocenters. The predicted molar refractivity (Wildman–Crippen MR) is 78.1 cm³/mol. The summed E-state index contributed by atoms with van der Waals surface area (Å²) in [5, 5.41) is 2.53. The Balaban J connectivity index is 1.99. The van der Waals surface area contributed by atoms with E-state index in [-0.39, 0.29) is 18.1 Å². The highest BCUT2D eigenvalue weighted by Gasteiger charge is 2.11. The van der Waals surface area contributed by atoms with Crippen LogP contribution in [0.15, 0.2) is 42.5 Å². The lowest BCUT2D eigenvalue weighted by atomic mass is 10.3. The molecular formula is C16H15F2NO3. The molecule has 0 saturated carbocycles. The fourth-order valence-electron chi connectivity index (χ4n) is 1.77. The second kappa shape index (κ2) is 7.40. The van der Waals surface area contributed by atoms with Crippen molar-refractivity contribution >= 4 is 11.6 Å². The molecule has 1 amide bonds. The number of amides is 1. The monoisotopic (exact) mass is 307 g/mol. The maximum absolute atomic E-state index is 13.4. The Morgan fingerprint density at radius 1 is 1.09 bits per heavy atom. The van der Waals surface area contributed by atoms with E-state index in [1.54, 1.807) is 13.0 Å². The molecule has 0 aliphatic heterocycles. The molecule has 0 unspecified atom stereocenters. The number of anilines is 1. The summed E-state index contributed by atoms with van der Waals surface area (Å²) >= 11 is 0. The Hall–Kier alpha value is -2.63. The van der Waals surface area contributed by atoms with Crippen molar-refractivity contribution in [3.63, 3.8) is 0 Å². The van der Waals surface area contributed by atoms with Crippen LogP contribution in [0.4, 0.5) is 14.5 Å². The van der Waals surface area contributed by atoms with Crippen LogP contribution in [-0.4, -0.2) is 19.1 Å². The molecule has 0 aromatic heterocycles. The Morgan fingerprint density at radius 3 is 2.59 bits per heavy atom. The summed E-state index contributed by atoms with van der Waals surface area (Å²) in [4.78, 5) is 11.8. The van der Waals surface area contributed by atoms with Crippen LogP contribution in [0.1, 0.15) is 6.92 Å². The third-order valence-corrected chi connectivity index (χ3v) is 2.71. The highest BCUT2D eigenvalue weighted by Crippen LogP contribution is 2.25. The first-order valence-electron chi connectivity index (χ1n) is 6.69. The van der Waals surface area contributed by atoms with Crippen molar-refractivity contribution in [1.29, 1.82) is 0 Å². The molecule has 0 heterocycles. The van der Waals surface area contributed by atoms with Crippen LogP contribution in [0.5, 0.6) is 11.5 Å². The van der Waals surface area contributed by atoms with Crippen molar-refractivity contribution in [2.24, 2.45) is 0 Å². The van der Waals surface area contributed by atoms with Gasteiger partial charge in [0.2, 0.25) is 0 Å². The number of hydrogen-bond acceptors (Lipinski definition) is 3. The van der Waals surface area contributed by atoms with Crippen molar-refractivity contribution in [3.8, 4) is 11.5 Å². The SMILES string of the molecule is CCOc1cc(F)ccc1NC(=O)COc1ccccc1F. The van der Waals surface area contributed by atoms with Gasteiger partial charge in [0, 0.05) is 6.07 Å². The Morgan fingerprint density at radius 2 is 1.86 bits per heavy atom. The number of ether oxygens (including phenoxy) is 2. The number of hydrogen-bond donors (Lipinski definition) is 1. The lowest BCUT2D eigenvalue weighted by molar-refractivity contribution is -0.118. The first-order valence-corrected chi connectivity index (χ1v) is 6.69. The Labute approximate surface area is 126 Å². The fourth-order valence-corrected chi connectivity index (χ4v) is 1.77. The molecular weight excluding hydrogens is 292 g/mol. The molecule has 0 bridgehead atoms.